The lowest BCUT2D eigenvalue weighted by Gasteiger charge is -2.17. The van der Waals surface area contributed by atoms with Crippen LogP contribution in [0.3, 0.4) is 0 Å². The molecular weight excluding hydrogens is 144 g/mol. The minimum absolute atomic E-state index is 0.440. The Morgan fingerprint density at radius 2 is 2.00 bits per heavy atom. The van der Waals surface area contributed by atoms with E-state index in [-0.39, 0.29) is 0 Å². The van der Waals surface area contributed by atoms with Crippen molar-refractivity contribution in [2.24, 2.45) is 0 Å². The number of allylic oxidation sites excluding steroid dienone is 1. The predicted octanol–water partition coefficient (Wildman–Crippen LogP) is 1.47. The summed E-state index contributed by atoms with van der Waals surface area (Å²) < 4.78 is 10.4. The third-order valence-electron chi connectivity index (χ3n) is 1.59. The molecule has 0 bridgehead atoms. The van der Waals surface area contributed by atoms with Crippen LogP contribution in [0, 0.1) is 0 Å². The molecule has 0 aromatic heterocycles. The van der Waals surface area contributed by atoms with Gasteiger partial charge in [-0.15, -0.1) is 6.58 Å². The van der Waals surface area contributed by atoms with E-state index in [1.165, 1.54) is 0 Å². The van der Waals surface area contributed by atoms with Crippen molar-refractivity contribution in [3.8, 4) is 0 Å². The van der Waals surface area contributed by atoms with E-state index in [1.807, 2.05) is 6.08 Å². The highest BCUT2D eigenvalue weighted by molar-refractivity contribution is 6.46. The Bertz CT molecular complexity index is 91.6. The van der Waals surface area contributed by atoms with Crippen molar-refractivity contribution < 1.29 is 8.85 Å². The second-order valence-electron chi connectivity index (χ2n) is 2.15. The van der Waals surface area contributed by atoms with E-state index in [1.54, 1.807) is 14.2 Å². The first-order valence-corrected chi connectivity index (χ1v) is 5.09. The number of hydrogen-bond donors (Lipinski definition) is 0. The zero-order valence-corrected chi connectivity index (χ0v) is 8.12. The maximum Gasteiger partial charge on any atom is 0.327 e. The molecule has 60 valence electrons. The van der Waals surface area contributed by atoms with Gasteiger partial charge in [0.25, 0.3) is 0 Å². The Labute approximate surface area is 64.7 Å². The van der Waals surface area contributed by atoms with E-state index in [0.29, 0.717) is 5.54 Å². The van der Waals surface area contributed by atoms with Gasteiger partial charge in [-0.05, 0) is 6.42 Å². The van der Waals surface area contributed by atoms with Crippen LogP contribution >= 0.6 is 0 Å². The van der Waals surface area contributed by atoms with E-state index >= 15 is 0 Å². The Hall–Kier alpha value is -0.123. The lowest BCUT2D eigenvalue weighted by atomic mass is 10.3. The third-order valence-corrected chi connectivity index (χ3v) is 3.96. The lowest BCUT2D eigenvalue weighted by molar-refractivity contribution is 0.270. The van der Waals surface area contributed by atoms with Gasteiger partial charge in [0.1, 0.15) is 0 Å². The van der Waals surface area contributed by atoms with Crippen LogP contribution in [-0.2, 0) is 8.85 Å². The van der Waals surface area contributed by atoms with Gasteiger partial charge in [0, 0.05) is 19.8 Å². The molecule has 0 saturated heterocycles. The highest BCUT2D eigenvalue weighted by Gasteiger charge is 2.18. The average molecular weight is 160 g/mol. The summed E-state index contributed by atoms with van der Waals surface area (Å²) in [5, 5.41) is 0. The molecular formula is C7H16O2Si. The molecule has 0 aromatic rings. The van der Waals surface area contributed by atoms with Crippen LogP contribution in [0.25, 0.3) is 0 Å². The minimum atomic E-state index is -1.43. The van der Waals surface area contributed by atoms with Gasteiger partial charge in [0.2, 0.25) is 0 Å². The average Bonchev–Trinajstić information content (AvgIpc) is 2.00. The predicted molar refractivity (Wildman–Crippen MR) is 45.4 cm³/mol. The molecule has 0 saturated carbocycles. The second kappa shape index (κ2) is 5.65. The molecule has 3 heteroatoms. The molecule has 0 fully saturated rings. The quantitative estimate of drug-likeness (QED) is 0.448. The summed E-state index contributed by atoms with van der Waals surface area (Å²) in [5.41, 5.74) is 0.440. The Kier molecular flexibility index (Phi) is 5.58. The molecule has 0 aromatic carbocycles. The fourth-order valence-corrected chi connectivity index (χ4v) is 2.41. The second-order valence-corrected chi connectivity index (χ2v) is 4.68. The number of hydrogen-bond acceptors (Lipinski definition) is 2. The summed E-state index contributed by atoms with van der Waals surface area (Å²) in [4.78, 5) is 0. The molecule has 0 rings (SSSR count). The van der Waals surface area contributed by atoms with Gasteiger partial charge in [-0.25, -0.2) is 0 Å². The van der Waals surface area contributed by atoms with Gasteiger partial charge in [0.05, 0.1) is 0 Å². The highest BCUT2D eigenvalue weighted by atomic mass is 28.3. The zero-order chi connectivity index (χ0) is 7.98. The van der Waals surface area contributed by atoms with Crippen molar-refractivity contribution in [1.29, 1.82) is 0 Å². The summed E-state index contributed by atoms with van der Waals surface area (Å²) in [6.07, 6.45) is 2.98. The van der Waals surface area contributed by atoms with Crippen LogP contribution in [0.15, 0.2) is 12.7 Å². The maximum atomic E-state index is 5.19. The van der Waals surface area contributed by atoms with Gasteiger partial charge in [-0.1, -0.05) is 13.0 Å². The van der Waals surface area contributed by atoms with Crippen LogP contribution in [0.2, 0.25) is 5.54 Å². The molecule has 0 heterocycles. The van der Waals surface area contributed by atoms with Crippen molar-refractivity contribution in [3.63, 3.8) is 0 Å². The van der Waals surface area contributed by atoms with Crippen molar-refractivity contribution in [2.75, 3.05) is 14.2 Å². The normalized spacial score (nSPS) is 13.6. The molecule has 1 unspecified atom stereocenters. The Morgan fingerprint density at radius 1 is 1.50 bits per heavy atom. The van der Waals surface area contributed by atoms with Crippen LogP contribution in [0.1, 0.15) is 13.3 Å². The highest BCUT2D eigenvalue weighted by Crippen LogP contribution is 2.16. The zero-order valence-electron chi connectivity index (χ0n) is 6.96. The van der Waals surface area contributed by atoms with E-state index in [0.717, 1.165) is 6.42 Å². The van der Waals surface area contributed by atoms with Gasteiger partial charge >= 0.3 is 9.28 Å². The van der Waals surface area contributed by atoms with Crippen molar-refractivity contribution >= 4 is 9.28 Å². The third kappa shape index (κ3) is 2.64. The summed E-state index contributed by atoms with van der Waals surface area (Å²) in [7, 11) is 1.98. The molecule has 10 heavy (non-hydrogen) atoms. The van der Waals surface area contributed by atoms with Gasteiger partial charge in [-0.2, -0.15) is 0 Å². The Balaban J connectivity index is 3.81. The largest absolute Gasteiger partial charge is 0.400 e. The summed E-state index contributed by atoms with van der Waals surface area (Å²) in [5.74, 6) is 0. The van der Waals surface area contributed by atoms with Crippen LogP contribution in [0.5, 0.6) is 0 Å². The van der Waals surface area contributed by atoms with E-state index in [4.69, 9.17) is 8.85 Å². The molecule has 2 nitrogen and oxygen atoms in total. The van der Waals surface area contributed by atoms with Crippen molar-refractivity contribution in [3.05, 3.63) is 12.7 Å². The van der Waals surface area contributed by atoms with Gasteiger partial charge in [0.15, 0.2) is 0 Å². The van der Waals surface area contributed by atoms with E-state index in [9.17, 15) is 0 Å². The first-order valence-electron chi connectivity index (χ1n) is 3.48. The Morgan fingerprint density at radius 3 is 2.10 bits per heavy atom. The molecule has 0 spiro atoms. The smallest absolute Gasteiger partial charge is 0.327 e. The lowest BCUT2D eigenvalue weighted by Crippen LogP contribution is -2.24. The topological polar surface area (TPSA) is 18.5 Å². The monoisotopic (exact) mass is 160 g/mol. The number of rotatable bonds is 5. The summed E-state index contributed by atoms with van der Waals surface area (Å²) in [6.45, 7) is 5.84. The molecule has 0 aliphatic heterocycles. The molecule has 0 aliphatic carbocycles. The minimum Gasteiger partial charge on any atom is -0.400 e. The first-order chi connectivity index (χ1) is 4.79. The fourth-order valence-electron chi connectivity index (χ4n) is 0.916. The summed E-state index contributed by atoms with van der Waals surface area (Å²) >= 11 is 0. The van der Waals surface area contributed by atoms with E-state index in [2.05, 4.69) is 13.5 Å². The van der Waals surface area contributed by atoms with Crippen molar-refractivity contribution in [1.82, 2.24) is 0 Å². The van der Waals surface area contributed by atoms with Crippen LogP contribution in [-0.4, -0.2) is 23.5 Å². The molecule has 0 amide bonds. The SMILES string of the molecule is C=CC(CC)[SiH](OC)OC. The van der Waals surface area contributed by atoms with E-state index < -0.39 is 9.28 Å². The van der Waals surface area contributed by atoms with Crippen molar-refractivity contribution in [2.45, 2.75) is 18.9 Å². The van der Waals surface area contributed by atoms with Crippen LogP contribution in [0.4, 0.5) is 0 Å². The molecule has 1 atom stereocenters. The summed E-state index contributed by atoms with van der Waals surface area (Å²) in [6, 6.07) is 0. The molecule has 0 radical (unpaired) electrons. The first kappa shape index (κ1) is 9.88. The van der Waals surface area contributed by atoms with Gasteiger partial charge in [-0.3, -0.25) is 0 Å². The van der Waals surface area contributed by atoms with Crippen LogP contribution < -0.4 is 0 Å². The fraction of sp³-hybridized carbons (Fsp3) is 0.714. The molecule has 0 N–H and O–H groups in total. The van der Waals surface area contributed by atoms with Gasteiger partial charge < -0.3 is 8.85 Å². The molecule has 0 aliphatic rings. The standard InChI is InChI=1S/C7H16O2Si/c1-5-7(6-2)10(8-3)9-4/h5,7,10H,1,6H2,2-4H3. The maximum absolute atomic E-state index is 5.19.